The van der Waals surface area contributed by atoms with Crippen molar-refractivity contribution in [1.29, 1.82) is 0 Å². The van der Waals surface area contributed by atoms with E-state index in [0.717, 1.165) is 35.5 Å². The number of fused-ring (bicyclic) bond motifs is 1. The van der Waals surface area contributed by atoms with Gasteiger partial charge in [-0.05, 0) is 38.6 Å². The number of amides is 2. The van der Waals surface area contributed by atoms with Crippen LogP contribution in [0.2, 0.25) is 0 Å². The number of benzene rings is 1. The number of nitrogens with zero attached hydrogens (tertiary/aromatic N) is 4. The summed E-state index contributed by atoms with van der Waals surface area (Å²) in [5.74, 6) is 0.0493. The van der Waals surface area contributed by atoms with E-state index in [1.54, 1.807) is 6.92 Å². The van der Waals surface area contributed by atoms with Crippen molar-refractivity contribution in [2.45, 2.75) is 45.8 Å². The smallest absolute Gasteiger partial charge is 0.407 e. The van der Waals surface area contributed by atoms with Gasteiger partial charge in [-0.15, -0.1) is 12.4 Å². The Balaban J connectivity index is 0.00000341. The van der Waals surface area contributed by atoms with Crippen molar-refractivity contribution in [2.75, 3.05) is 27.2 Å². The average molecular weight is 451 g/mol. The number of nitrogens with one attached hydrogen (secondary N) is 1. The summed E-state index contributed by atoms with van der Waals surface area (Å²) in [6.07, 6.45) is 3.47. The van der Waals surface area contributed by atoms with Crippen LogP contribution in [0.3, 0.4) is 0 Å². The molecule has 0 saturated heterocycles. The van der Waals surface area contributed by atoms with Gasteiger partial charge in [0, 0.05) is 42.9 Å². The standard InChI is InChI=1S/C22H31N5O3.ClH/c1-6-26(22(29)30)20-11-15(2)27(5,16(3)28)21-8-7-17(12-19(20)21)18-13-24-25(14-18)10-9-23-4;/h7-8,12-15,20,23H,6,9-11H2,1-5H3;1H/p+1/t15-,20+,27?;/m0./s1. The normalized spacial score (nSPS) is 22.4. The second-order valence-electron chi connectivity index (χ2n) is 8.13. The van der Waals surface area contributed by atoms with Crippen LogP contribution in [0.15, 0.2) is 30.6 Å². The fourth-order valence-electron chi connectivity index (χ4n) is 4.45. The fourth-order valence-corrected chi connectivity index (χ4v) is 4.45. The van der Waals surface area contributed by atoms with Gasteiger partial charge in [-0.25, -0.2) is 14.1 Å². The van der Waals surface area contributed by atoms with Crippen molar-refractivity contribution >= 4 is 30.1 Å². The predicted octanol–water partition coefficient (Wildman–Crippen LogP) is 3.51. The molecule has 1 aromatic carbocycles. The summed E-state index contributed by atoms with van der Waals surface area (Å²) in [6.45, 7) is 7.46. The number of hydrogen-bond acceptors (Lipinski definition) is 4. The SMILES string of the molecule is CCN(C(=O)O)[C@@H]1C[C@H](C)[N+](C)(C(C)=O)c2ccc(-c3cnn(CCNC)c3)cc21.Cl. The molecule has 1 aliphatic heterocycles. The van der Waals surface area contributed by atoms with E-state index in [1.165, 1.54) is 4.90 Å². The Bertz CT molecular complexity index is 947. The van der Waals surface area contributed by atoms with Gasteiger partial charge < -0.3 is 15.3 Å². The molecule has 1 aliphatic rings. The molecule has 3 rings (SSSR count). The van der Waals surface area contributed by atoms with Gasteiger partial charge in [0.15, 0.2) is 0 Å². The highest BCUT2D eigenvalue weighted by molar-refractivity contribution is 5.89. The molecular formula is C22H33ClN5O3+. The Kier molecular flexibility index (Phi) is 7.86. The molecule has 170 valence electrons. The van der Waals surface area contributed by atoms with E-state index < -0.39 is 6.09 Å². The number of carboxylic acid groups (broad SMARTS) is 1. The Labute approximate surface area is 189 Å². The van der Waals surface area contributed by atoms with E-state index in [-0.39, 0.29) is 34.9 Å². The molecule has 2 amide bonds. The summed E-state index contributed by atoms with van der Waals surface area (Å²) in [5.41, 5.74) is 3.72. The van der Waals surface area contributed by atoms with E-state index in [9.17, 15) is 14.7 Å². The van der Waals surface area contributed by atoms with E-state index in [1.807, 2.05) is 63.2 Å². The van der Waals surface area contributed by atoms with Crippen LogP contribution in [-0.4, -0.2) is 65.0 Å². The first-order valence-corrected chi connectivity index (χ1v) is 10.4. The monoisotopic (exact) mass is 450 g/mol. The first-order chi connectivity index (χ1) is 14.2. The summed E-state index contributed by atoms with van der Waals surface area (Å²) < 4.78 is 2.06. The van der Waals surface area contributed by atoms with Crippen molar-refractivity contribution in [3.8, 4) is 11.1 Å². The maximum atomic E-state index is 12.7. The van der Waals surface area contributed by atoms with Crippen LogP contribution in [0.4, 0.5) is 10.5 Å². The predicted molar refractivity (Wildman–Crippen MR) is 124 cm³/mol. The van der Waals surface area contributed by atoms with Gasteiger partial charge in [0.25, 0.3) is 0 Å². The molecule has 1 unspecified atom stereocenters. The van der Waals surface area contributed by atoms with Gasteiger partial charge in [-0.1, -0.05) is 0 Å². The lowest BCUT2D eigenvalue weighted by Gasteiger charge is -2.45. The third kappa shape index (κ3) is 4.46. The Morgan fingerprint density at radius 1 is 1.35 bits per heavy atom. The minimum absolute atomic E-state index is 0. The molecule has 3 atom stereocenters. The quantitative estimate of drug-likeness (QED) is 0.657. The lowest BCUT2D eigenvalue weighted by atomic mass is 9.86. The van der Waals surface area contributed by atoms with Crippen molar-refractivity contribution in [1.82, 2.24) is 24.5 Å². The molecule has 0 spiro atoms. The molecule has 8 nitrogen and oxygen atoms in total. The number of rotatable bonds is 6. The highest BCUT2D eigenvalue weighted by Crippen LogP contribution is 2.45. The van der Waals surface area contributed by atoms with Gasteiger partial charge in [-0.2, -0.15) is 5.10 Å². The van der Waals surface area contributed by atoms with Crippen LogP contribution >= 0.6 is 12.4 Å². The summed E-state index contributed by atoms with van der Waals surface area (Å²) >= 11 is 0. The minimum Gasteiger partial charge on any atom is -0.465 e. The lowest BCUT2D eigenvalue weighted by molar-refractivity contribution is -0.129. The van der Waals surface area contributed by atoms with E-state index in [4.69, 9.17) is 0 Å². The lowest BCUT2D eigenvalue weighted by Crippen LogP contribution is -2.60. The molecule has 0 radical (unpaired) electrons. The van der Waals surface area contributed by atoms with Crippen molar-refractivity contribution < 1.29 is 14.7 Å². The van der Waals surface area contributed by atoms with Crippen molar-refractivity contribution in [2.24, 2.45) is 0 Å². The van der Waals surface area contributed by atoms with Crippen LogP contribution in [0.25, 0.3) is 11.1 Å². The third-order valence-corrected chi connectivity index (χ3v) is 6.51. The van der Waals surface area contributed by atoms with E-state index in [2.05, 4.69) is 10.4 Å². The van der Waals surface area contributed by atoms with Gasteiger partial charge in [0.05, 0.1) is 38.8 Å². The second kappa shape index (κ2) is 9.80. The summed E-state index contributed by atoms with van der Waals surface area (Å²) in [4.78, 5) is 26.1. The number of aromatic nitrogens is 2. The van der Waals surface area contributed by atoms with Gasteiger partial charge in [-0.3, -0.25) is 4.68 Å². The number of halogens is 1. The molecule has 0 saturated carbocycles. The van der Waals surface area contributed by atoms with Gasteiger partial charge >= 0.3 is 12.0 Å². The summed E-state index contributed by atoms with van der Waals surface area (Å²) in [7, 11) is 3.83. The zero-order valence-corrected chi connectivity index (χ0v) is 19.6. The molecule has 31 heavy (non-hydrogen) atoms. The molecule has 9 heteroatoms. The highest BCUT2D eigenvalue weighted by atomic mass is 35.5. The Hall–Kier alpha value is -2.42. The van der Waals surface area contributed by atoms with Crippen molar-refractivity contribution in [3.63, 3.8) is 0 Å². The number of likely N-dealkylation sites (N-methyl/N-ethyl adjacent to an activating group) is 1. The maximum Gasteiger partial charge on any atom is 0.407 e. The molecule has 2 heterocycles. The molecule has 0 bridgehead atoms. The second-order valence-corrected chi connectivity index (χ2v) is 8.13. The van der Waals surface area contributed by atoms with Crippen molar-refractivity contribution in [3.05, 3.63) is 36.2 Å². The number of quaternary nitrogens is 1. The molecule has 2 N–H and O–H groups in total. The van der Waals surface area contributed by atoms with E-state index in [0.29, 0.717) is 13.0 Å². The summed E-state index contributed by atoms with van der Waals surface area (Å²) in [6, 6.07) is 5.71. The van der Waals surface area contributed by atoms with E-state index >= 15 is 0 Å². The number of carbonyl (C=O) groups excluding carboxylic acids is 1. The highest BCUT2D eigenvalue weighted by Gasteiger charge is 2.47. The number of hydrogen-bond donors (Lipinski definition) is 2. The average Bonchev–Trinajstić information content (AvgIpc) is 3.18. The van der Waals surface area contributed by atoms with Crippen LogP contribution in [0.1, 0.15) is 38.8 Å². The fraction of sp³-hybridized carbons (Fsp3) is 0.500. The molecule has 0 fully saturated rings. The van der Waals surface area contributed by atoms with Crippen LogP contribution < -0.4 is 9.80 Å². The zero-order valence-electron chi connectivity index (χ0n) is 18.8. The molecule has 1 aromatic heterocycles. The summed E-state index contributed by atoms with van der Waals surface area (Å²) in [5, 5.41) is 17.3. The van der Waals surface area contributed by atoms with Crippen LogP contribution in [0.5, 0.6) is 0 Å². The molecule has 2 aromatic rings. The first kappa shape index (κ1) is 24.8. The molecular weight excluding hydrogens is 418 g/mol. The van der Waals surface area contributed by atoms with Crippen LogP contribution in [0, 0.1) is 0 Å². The maximum absolute atomic E-state index is 12.7. The largest absolute Gasteiger partial charge is 0.465 e. The topological polar surface area (TPSA) is 87.5 Å². The Morgan fingerprint density at radius 2 is 2.06 bits per heavy atom. The van der Waals surface area contributed by atoms with Gasteiger partial charge in [0.2, 0.25) is 0 Å². The number of carbonyl (C=O) groups is 2. The molecule has 0 aliphatic carbocycles. The third-order valence-electron chi connectivity index (χ3n) is 6.51. The minimum atomic E-state index is -0.940. The first-order valence-electron chi connectivity index (χ1n) is 10.4. The van der Waals surface area contributed by atoms with Gasteiger partial charge in [0.1, 0.15) is 5.69 Å². The van der Waals surface area contributed by atoms with Crippen LogP contribution in [-0.2, 0) is 11.3 Å². The zero-order chi connectivity index (χ0) is 22.1. The Morgan fingerprint density at radius 3 is 2.65 bits per heavy atom.